The van der Waals surface area contributed by atoms with Gasteiger partial charge in [-0.3, -0.25) is 0 Å². The number of carboxylic acid groups (broad SMARTS) is 1. The van der Waals surface area contributed by atoms with Crippen molar-refractivity contribution in [2.45, 2.75) is 26.4 Å². The third-order valence-electron chi connectivity index (χ3n) is 2.95. The van der Waals surface area contributed by atoms with Gasteiger partial charge in [-0.25, -0.2) is 9.59 Å². The molecule has 0 bridgehead atoms. The van der Waals surface area contributed by atoms with Gasteiger partial charge in [-0.15, -0.1) is 0 Å². The predicted octanol–water partition coefficient (Wildman–Crippen LogP) is 3.87. The molecule has 0 amide bonds. The van der Waals surface area contributed by atoms with E-state index < -0.39 is 5.97 Å². The zero-order valence-electron chi connectivity index (χ0n) is 15.0. The quantitative estimate of drug-likeness (QED) is 0.439. The number of hydrogen-bond acceptors (Lipinski definition) is 4. The van der Waals surface area contributed by atoms with Gasteiger partial charge in [0.15, 0.2) is 0 Å². The Morgan fingerprint density at radius 2 is 1.88 bits per heavy atom. The van der Waals surface area contributed by atoms with Crippen LogP contribution >= 0.6 is 0 Å². The Bertz CT molecular complexity index is 587. The number of ether oxygens (including phenoxy) is 2. The van der Waals surface area contributed by atoms with Crippen LogP contribution in [0.3, 0.4) is 0 Å². The van der Waals surface area contributed by atoms with Gasteiger partial charge in [0.05, 0.1) is 12.7 Å². The average Bonchev–Trinajstić information content (AvgIpc) is 2.59. The van der Waals surface area contributed by atoms with E-state index in [2.05, 4.69) is 6.58 Å². The Morgan fingerprint density at radius 1 is 1.24 bits per heavy atom. The van der Waals surface area contributed by atoms with Crippen molar-refractivity contribution in [3.05, 3.63) is 66.3 Å². The van der Waals surface area contributed by atoms with E-state index in [-0.39, 0.29) is 12.1 Å². The van der Waals surface area contributed by atoms with Gasteiger partial charge in [-0.2, -0.15) is 0 Å². The van der Waals surface area contributed by atoms with E-state index in [1.54, 1.807) is 20.1 Å². The van der Waals surface area contributed by atoms with Gasteiger partial charge in [-0.1, -0.05) is 55.1 Å². The van der Waals surface area contributed by atoms with E-state index in [0.717, 1.165) is 18.1 Å². The first-order valence-electron chi connectivity index (χ1n) is 7.85. The Morgan fingerprint density at radius 3 is 2.40 bits per heavy atom. The molecule has 1 N–H and O–H groups in total. The van der Waals surface area contributed by atoms with Crippen molar-refractivity contribution in [2.75, 3.05) is 13.7 Å². The third-order valence-corrected chi connectivity index (χ3v) is 2.95. The van der Waals surface area contributed by atoms with E-state index in [1.807, 2.05) is 43.3 Å². The lowest BCUT2D eigenvalue weighted by Gasteiger charge is -2.09. The highest BCUT2D eigenvalue weighted by Gasteiger charge is 2.04. The molecule has 1 atom stereocenters. The molecule has 5 heteroatoms. The van der Waals surface area contributed by atoms with Crippen LogP contribution in [-0.2, 0) is 19.1 Å². The highest BCUT2D eigenvalue weighted by atomic mass is 16.5. The number of rotatable bonds is 8. The van der Waals surface area contributed by atoms with Crippen molar-refractivity contribution >= 4 is 18.0 Å². The van der Waals surface area contributed by atoms with Crippen molar-refractivity contribution in [1.29, 1.82) is 0 Å². The second-order valence-corrected chi connectivity index (χ2v) is 5.22. The first-order chi connectivity index (χ1) is 11.9. The van der Waals surface area contributed by atoms with Crippen LogP contribution in [0.2, 0.25) is 0 Å². The standard InChI is InChI=1S/C11H10O2.C9H16O3/c12-11(13)9-5-4-8-10-6-2-1-3-7-10;1-7(2)9(10)12-6-5-8(3)11-4/h1-9H,(H,12,13);8H,1,5-6H2,2-4H3. The molecule has 0 fully saturated rings. The Balaban J connectivity index is 0.000000463. The third kappa shape index (κ3) is 13.5. The van der Waals surface area contributed by atoms with Crippen LogP contribution in [0.1, 0.15) is 25.8 Å². The van der Waals surface area contributed by atoms with Crippen molar-refractivity contribution in [2.24, 2.45) is 0 Å². The van der Waals surface area contributed by atoms with Crippen molar-refractivity contribution in [3.8, 4) is 0 Å². The maximum absolute atomic E-state index is 10.9. The lowest BCUT2D eigenvalue weighted by Crippen LogP contribution is -2.12. The second kappa shape index (κ2) is 13.7. The summed E-state index contributed by atoms with van der Waals surface area (Å²) in [5.74, 6) is -1.27. The number of methoxy groups -OCH3 is 1. The molecule has 1 aromatic carbocycles. The number of carbonyl (C=O) groups is 2. The number of esters is 1. The first kappa shape index (κ1) is 22.3. The second-order valence-electron chi connectivity index (χ2n) is 5.22. The summed E-state index contributed by atoms with van der Waals surface area (Å²) in [7, 11) is 1.63. The molecule has 25 heavy (non-hydrogen) atoms. The van der Waals surface area contributed by atoms with Crippen LogP contribution in [0.5, 0.6) is 0 Å². The highest BCUT2D eigenvalue weighted by Crippen LogP contribution is 2.00. The fourth-order valence-electron chi connectivity index (χ4n) is 1.43. The number of hydrogen-bond donors (Lipinski definition) is 1. The van der Waals surface area contributed by atoms with Gasteiger partial charge in [0, 0.05) is 25.2 Å². The average molecular weight is 346 g/mol. The normalized spacial score (nSPS) is 11.6. The smallest absolute Gasteiger partial charge is 0.333 e. The van der Waals surface area contributed by atoms with Gasteiger partial charge in [0.1, 0.15) is 0 Å². The first-order valence-corrected chi connectivity index (χ1v) is 7.85. The summed E-state index contributed by atoms with van der Waals surface area (Å²) in [5.41, 5.74) is 1.48. The topological polar surface area (TPSA) is 72.8 Å². The molecule has 5 nitrogen and oxygen atoms in total. The largest absolute Gasteiger partial charge is 0.478 e. The lowest BCUT2D eigenvalue weighted by molar-refractivity contribution is -0.139. The van der Waals surface area contributed by atoms with Crippen LogP contribution in [0.15, 0.2) is 60.7 Å². The molecule has 0 heterocycles. The summed E-state index contributed by atoms with van der Waals surface area (Å²) in [6.07, 6.45) is 6.98. The van der Waals surface area contributed by atoms with Gasteiger partial charge in [-0.05, 0) is 19.4 Å². The van der Waals surface area contributed by atoms with E-state index in [4.69, 9.17) is 14.6 Å². The van der Waals surface area contributed by atoms with E-state index in [0.29, 0.717) is 12.2 Å². The summed E-state index contributed by atoms with van der Waals surface area (Å²) in [6.45, 7) is 7.41. The van der Waals surface area contributed by atoms with Crippen molar-refractivity contribution in [3.63, 3.8) is 0 Å². The van der Waals surface area contributed by atoms with Crippen LogP contribution in [-0.4, -0.2) is 36.9 Å². The molecule has 0 radical (unpaired) electrons. The zero-order chi connectivity index (χ0) is 19.1. The molecule has 0 saturated carbocycles. The molecule has 1 unspecified atom stereocenters. The van der Waals surface area contributed by atoms with Gasteiger partial charge in [0.2, 0.25) is 0 Å². The summed E-state index contributed by atoms with van der Waals surface area (Å²) in [4.78, 5) is 20.9. The number of carbonyl (C=O) groups excluding carboxylic acids is 1. The minimum atomic E-state index is -0.933. The van der Waals surface area contributed by atoms with Crippen molar-refractivity contribution < 1.29 is 24.2 Å². The number of allylic oxidation sites excluding steroid dienone is 2. The zero-order valence-corrected chi connectivity index (χ0v) is 15.0. The van der Waals surface area contributed by atoms with E-state index in [1.165, 1.54) is 6.08 Å². The molecular weight excluding hydrogens is 320 g/mol. The van der Waals surface area contributed by atoms with Crippen LogP contribution in [0, 0.1) is 0 Å². The Labute approximate surface area is 149 Å². The Kier molecular flexibility index (Phi) is 12.3. The molecule has 1 rings (SSSR count). The molecule has 136 valence electrons. The van der Waals surface area contributed by atoms with Crippen molar-refractivity contribution in [1.82, 2.24) is 0 Å². The SMILES string of the molecule is C=C(C)C(=O)OCCC(C)OC.O=C(O)C=CC=Cc1ccccc1. The lowest BCUT2D eigenvalue weighted by atomic mass is 10.2. The molecule has 0 spiro atoms. The summed E-state index contributed by atoms with van der Waals surface area (Å²) < 4.78 is 9.84. The fraction of sp³-hybridized carbons (Fsp3) is 0.300. The molecule has 0 aliphatic carbocycles. The Hall–Kier alpha value is -2.66. The summed E-state index contributed by atoms with van der Waals surface area (Å²) in [6, 6.07) is 9.70. The van der Waals surface area contributed by atoms with Crippen LogP contribution < -0.4 is 0 Å². The monoisotopic (exact) mass is 346 g/mol. The minimum Gasteiger partial charge on any atom is -0.478 e. The van der Waals surface area contributed by atoms with Gasteiger partial charge < -0.3 is 14.6 Å². The van der Waals surface area contributed by atoms with Crippen LogP contribution in [0.4, 0.5) is 0 Å². The number of carboxylic acids is 1. The fourth-order valence-corrected chi connectivity index (χ4v) is 1.43. The summed E-state index contributed by atoms with van der Waals surface area (Å²) >= 11 is 0. The molecule has 0 aliphatic heterocycles. The predicted molar refractivity (Wildman–Crippen MR) is 99.1 cm³/mol. The molecular formula is C20H26O5. The maximum atomic E-state index is 10.9. The molecule has 0 aliphatic rings. The van der Waals surface area contributed by atoms with Gasteiger partial charge >= 0.3 is 11.9 Å². The molecule has 0 saturated heterocycles. The molecule has 0 aromatic heterocycles. The highest BCUT2D eigenvalue weighted by molar-refractivity contribution is 5.86. The number of benzene rings is 1. The van der Waals surface area contributed by atoms with E-state index >= 15 is 0 Å². The van der Waals surface area contributed by atoms with Gasteiger partial charge in [0.25, 0.3) is 0 Å². The van der Waals surface area contributed by atoms with Crippen LogP contribution in [0.25, 0.3) is 6.08 Å². The number of aliphatic carboxylic acids is 1. The maximum Gasteiger partial charge on any atom is 0.333 e. The molecule has 1 aromatic rings. The summed E-state index contributed by atoms with van der Waals surface area (Å²) in [5, 5.41) is 8.29. The van der Waals surface area contributed by atoms with E-state index in [9.17, 15) is 9.59 Å². The minimum absolute atomic E-state index is 0.128.